The predicted octanol–water partition coefficient (Wildman–Crippen LogP) is 6.37. The lowest BCUT2D eigenvalue weighted by Gasteiger charge is -2.37. The molecule has 0 aromatic heterocycles. The molecule has 0 amide bonds. The summed E-state index contributed by atoms with van der Waals surface area (Å²) in [6.45, 7) is 0. The Bertz CT molecular complexity index is 810. The first-order chi connectivity index (χ1) is 11.8. The van der Waals surface area contributed by atoms with E-state index < -0.39 is 0 Å². The third-order valence-electron chi connectivity index (χ3n) is 5.08. The second kappa shape index (κ2) is 6.30. The van der Waals surface area contributed by atoms with Gasteiger partial charge in [0.15, 0.2) is 0 Å². The summed E-state index contributed by atoms with van der Waals surface area (Å²) in [5, 5.41) is 0.794. The van der Waals surface area contributed by atoms with Crippen LogP contribution in [-0.2, 0) is 5.41 Å². The van der Waals surface area contributed by atoms with Crippen LogP contribution in [-0.4, -0.2) is 0 Å². The quantitative estimate of drug-likeness (QED) is 0.489. The van der Waals surface area contributed by atoms with Crippen LogP contribution in [0.4, 0.5) is 0 Å². The van der Waals surface area contributed by atoms with Crippen molar-refractivity contribution in [1.29, 1.82) is 0 Å². The zero-order valence-corrected chi connectivity index (χ0v) is 14.2. The van der Waals surface area contributed by atoms with Gasteiger partial charge in [-0.3, -0.25) is 0 Å². The Hall–Kier alpha value is -2.31. The zero-order chi connectivity index (χ0) is 16.4. The van der Waals surface area contributed by atoms with Gasteiger partial charge in [-0.1, -0.05) is 96.5 Å². The van der Waals surface area contributed by atoms with E-state index in [0.717, 1.165) is 11.4 Å². The van der Waals surface area contributed by atoms with Crippen LogP contribution in [0.2, 0.25) is 5.02 Å². The fourth-order valence-electron chi connectivity index (χ4n) is 4.01. The van der Waals surface area contributed by atoms with Crippen LogP contribution in [0.1, 0.15) is 29.0 Å². The van der Waals surface area contributed by atoms with E-state index >= 15 is 0 Å². The van der Waals surface area contributed by atoms with Crippen LogP contribution in [0.15, 0.2) is 97.1 Å². The summed E-state index contributed by atoms with van der Waals surface area (Å²) < 4.78 is 0. The Kier molecular flexibility index (Phi) is 4.00. The smallest absolute Gasteiger partial charge is 0.0408 e. The first kappa shape index (κ1) is 15.2. The molecule has 0 aliphatic heterocycles. The highest BCUT2D eigenvalue weighted by Crippen LogP contribution is 2.51. The van der Waals surface area contributed by atoms with Crippen LogP contribution in [0, 0.1) is 0 Å². The summed E-state index contributed by atoms with van der Waals surface area (Å²) in [7, 11) is 0. The molecular formula is C23H19Cl. The van der Waals surface area contributed by atoms with Gasteiger partial charge in [0.1, 0.15) is 0 Å². The summed E-state index contributed by atoms with van der Waals surface area (Å²) in [4.78, 5) is 0. The summed E-state index contributed by atoms with van der Waals surface area (Å²) in [5.41, 5.74) is 3.90. The molecule has 118 valence electrons. The van der Waals surface area contributed by atoms with E-state index in [1.54, 1.807) is 0 Å². The highest BCUT2D eigenvalue weighted by atomic mass is 35.5. The van der Waals surface area contributed by atoms with Crippen LogP contribution >= 0.6 is 11.6 Å². The number of rotatable bonds is 3. The van der Waals surface area contributed by atoms with Crippen LogP contribution in [0.25, 0.3) is 0 Å². The molecule has 3 aromatic rings. The maximum Gasteiger partial charge on any atom is 0.0408 e. The van der Waals surface area contributed by atoms with Gasteiger partial charge < -0.3 is 0 Å². The van der Waals surface area contributed by atoms with Gasteiger partial charge in [0.2, 0.25) is 0 Å². The molecular weight excluding hydrogens is 312 g/mol. The number of allylic oxidation sites excluding steroid dienone is 2. The van der Waals surface area contributed by atoms with Gasteiger partial charge in [-0.25, -0.2) is 0 Å². The first-order valence-corrected chi connectivity index (χ1v) is 8.72. The fourth-order valence-corrected chi connectivity index (χ4v) is 4.21. The van der Waals surface area contributed by atoms with E-state index in [1.807, 2.05) is 12.1 Å². The van der Waals surface area contributed by atoms with E-state index in [1.165, 1.54) is 16.7 Å². The maximum atomic E-state index is 6.28. The minimum atomic E-state index is -0.0762. The average molecular weight is 331 g/mol. The van der Waals surface area contributed by atoms with Crippen molar-refractivity contribution in [3.63, 3.8) is 0 Å². The lowest BCUT2D eigenvalue weighted by molar-refractivity contribution is 0.496. The predicted molar refractivity (Wildman–Crippen MR) is 102 cm³/mol. The van der Waals surface area contributed by atoms with E-state index in [2.05, 4.69) is 84.9 Å². The number of halogens is 1. The average Bonchev–Trinajstić information content (AvgIpc) is 3.09. The molecule has 4 rings (SSSR count). The van der Waals surface area contributed by atoms with Crippen molar-refractivity contribution in [2.75, 3.05) is 0 Å². The minimum Gasteiger partial charge on any atom is -0.0866 e. The van der Waals surface area contributed by atoms with E-state index in [9.17, 15) is 0 Å². The maximum absolute atomic E-state index is 6.28. The molecule has 3 aromatic carbocycles. The highest BCUT2D eigenvalue weighted by molar-refractivity contribution is 6.30. The Balaban J connectivity index is 1.94. The van der Waals surface area contributed by atoms with Crippen LogP contribution < -0.4 is 0 Å². The van der Waals surface area contributed by atoms with Crippen molar-refractivity contribution in [2.45, 2.75) is 17.8 Å². The van der Waals surface area contributed by atoms with Gasteiger partial charge >= 0.3 is 0 Å². The lowest BCUT2D eigenvalue weighted by Crippen LogP contribution is -2.31. The lowest BCUT2D eigenvalue weighted by atomic mass is 9.65. The second-order valence-corrected chi connectivity index (χ2v) is 6.80. The molecule has 0 unspecified atom stereocenters. The molecule has 1 atom stereocenters. The molecule has 0 saturated carbocycles. The first-order valence-electron chi connectivity index (χ1n) is 8.34. The van der Waals surface area contributed by atoms with E-state index in [-0.39, 0.29) is 11.3 Å². The highest BCUT2D eigenvalue weighted by Gasteiger charge is 2.43. The van der Waals surface area contributed by atoms with Crippen LogP contribution in [0.5, 0.6) is 0 Å². The Morgan fingerprint density at radius 3 is 1.96 bits per heavy atom. The number of hydrogen-bond acceptors (Lipinski definition) is 0. The standard InChI is InChI=1S/C23H19Cl/c24-21-14-7-9-18(17-21)22-15-8-16-23(22,19-10-3-1-4-11-19)20-12-5-2-6-13-20/h1-15,17,22H,16H2/t22-/m1/s1. The summed E-state index contributed by atoms with van der Waals surface area (Å²) in [6, 6.07) is 30.0. The van der Waals surface area contributed by atoms with Crippen molar-refractivity contribution in [1.82, 2.24) is 0 Å². The fraction of sp³-hybridized carbons (Fsp3) is 0.130. The molecule has 0 saturated heterocycles. The Morgan fingerprint density at radius 2 is 1.38 bits per heavy atom. The monoisotopic (exact) mass is 330 g/mol. The Morgan fingerprint density at radius 1 is 0.750 bits per heavy atom. The molecule has 1 aliphatic carbocycles. The number of benzene rings is 3. The van der Waals surface area contributed by atoms with Crippen molar-refractivity contribution < 1.29 is 0 Å². The molecule has 1 heteroatoms. The topological polar surface area (TPSA) is 0 Å². The summed E-state index contributed by atoms with van der Waals surface area (Å²) >= 11 is 6.28. The largest absolute Gasteiger partial charge is 0.0866 e. The molecule has 0 nitrogen and oxygen atoms in total. The second-order valence-electron chi connectivity index (χ2n) is 6.37. The van der Waals surface area contributed by atoms with Crippen molar-refractivity contribution in [2.24, 2.45) is 0 Å². The molecule has 0 N–H and O–H groups in total. The van der Waals surface area contributed by atoms with E-state index in [4.69, 9.17) is 11.6 Å². The van der Waals surface area contributed by atoms with Gasteiger partial charge in [0.25, 0.3) is 0 Å². The molecule has 0 heterocycles. The van der Waals surface area contributed by atoms with Gasteiger partial charge in [0, 0.05) is 16.4 Å². The van der Waals surface area contributed by atoms with Crippen LogP contribution in [0.3, 0.4) is 0 Å². The number of hydrogen-bond donors (Lipinski definition) is 0. The Labute approximate surface area is 148 Å². The molecule has 0 bridgehead atoms. The molecule has 1 aliphatic rings. The molecule has 24 heavy (non-hydrogen) atoms. The van der Waals surface area contributed by atoms with Gasteiger partial charge in [-0.2, -0.15) is 0 Å². The summed E-state index contributed by atoms with van der Waals surface area (Å²) in [6.07, 6.45) is 5.65. The molecule has 0 radical (unpaired) electrons. The third kappa shape index (κ3) is 2.48. The minimum absolute atomic E-state index is 0.0762. The molecule has 0 fully saturated rings. The van der Waals surface area contributed by atoms with Gasteiger partial charge in [-0.05, 0) is 35.2 Å². The van der Waals surface area contributed by atoms with E-state index in [0.29, 0.717) is 0 Å². The van der Waals surface area contributed by atoms with Crippen molar-refractivity contribution in [3.05, 3.63) is 119 Å². The van der Waals surface area contributed by atoms with Gasteiger partial charge in [0.05, 0.1) is 0 Å². The normalized spacial score (nSPS) is 18.6. The molecule has 0 spiro atoms. The van der Waals surface area contributed by atoms with Crippen molar-refractivity contribution in [3.8, 4) is 0 Å². The summed E-state index contributed by atoms with van der Waals surface area (Å²) in [5.74, 6) is 0.279. The third-order valence-corrected chi connectivity index (χ3v) is 5.32. The van der Waals surface area contributed by atoms with Gasteiger partial charge in [-0.15, -0.1) is 0 Å². The SMILES string of the molecule is Clc1cccc([C@H]2C=CCC2(c2ccccc2)c2ccccc2)c1. The van der Waals surface area contributed by atoms with Crippen molar-refractivity contribution >= 4 is 11.6 Å². The zero-order valence-electron chi connectivity index (χ0n) is 13.4.